The summed E-state index contributed by atoms with van der Waals surface area (Å²) in [5, 5.41) is 13.0. The first-order valence-corrected chi connectivity index (χ1v) is 6.95. The van der Waals surface area contributed by atoms with Crippen molar-refractivity contribution in [3.8, 4) is 0 Å². The molecule has 0 radical (unpaired) electrons. The van der Waals surface area contributed by atoms with Crippen molar-refractivity contribution in [3.05, 3.63) is 11.3 Å². The Kier molecular flexibility index (Phi) is 4.19. The number of nitrogens with one attached hydrogen (secondary N) is 1. The molecule has 5 nitrogen and oxygen atoms in total. The summed E-state index contributed by atoms with van der Waals surface area (Å²) in [7, 11) is 0. The van der Waals surface area contributed by atoms with Crippen LogP contribution >= 0.6 is 11.5 Å². The van der Waals surface area contributed by atoms with Crippen LogP contribution in [0.25, 0.3) is 0 Å². The Bertz CT molecular complexity index is 433. The lowest BCUT2D eigenvalue weighted by Crippen LogP contribution is -2.23. The normalized spacial score (nSPS) is 23.2. The lowest BCUT2D eigenvalue weighted by atomic mass is 10.00. The van der Waals surface area contributed by atoms with E-state index < -0.39 is 5.97 Å². The van der Waals surface area contributed by atoms with Crippen molar-refractivity contribution in [2.75, 3.05) is 18.5 Å². The fourth-order valence-electron chi connectivity index (χ4n) is 2.34. The van der Waals surface area contributed by atoms with Gasteiger partial charge in [0.15, 0.2) is 0 Å². The Balaban J connectivity index is 2.00. The van der Waals surface area contributed by atoms with Crippen LogP contribution in [-0.2, 0) is 4.74 Å². The van der Waals surface area contributed by atoms with Gasteiger partial charge in [-0.1, -0.05) is 6.92 Å². The van der Waals surface area contributed by atoms with E-state index >= 15 is 0 Å². The smallest absolute Gasteiger partial charge is 0.340 e. The SMILES string of the molecule is CCC1OCCC1CNc1snc(C)c1C(=O)O. The molecule has 100 valence electrons. The lowest BCUT2D eigenvalue weighted by Gasteiger charge is -2.17. The minimum atomic E-state index is -0.918. The summed E-state index contributed by atoms with van der Waals surface area (Å²) < 4.78 is 9.71. The lowest BCUT2D eigenvalue weighted by molar-refractivity contribution is 0.0697. The minimum Gasteiger partial charge on any atom is -0.478 e. The topological polar surface area (TPSA) is 71.5 Å². The zero-order valence-electron chi connectivity index (χ0n) is 10.6. The number of hydrogen-bond donors (Lipinski definition) is 2. The number of carbonyl (C=O) groups is 1. The van der Waals surface area contributed by atoms with E-state index in [9.17, 15) is 4.79 Å². The molecule has 0 aliphatic carbocycles. The van der Waals surface area contributed by atoms with Crippen LogP contribution in [0.2, 0.25) is 0 Å². The second-order valence-electron chi connectivity index (χ2n) is 4.52. The zero-order chi connectivity index (χ0) is 13.1. The molecule has 1 aromatic rings. The van der Waals surface area contributed by atoms with Gasteiger partial charge < -0.3 is 15.2 Å². The molecule has 0 aromatic carbocycles. The summed E-state index contributed by atoms with van der Waals surface area (Å²) in [4.78, 5) is 11.1. The maximum Gasteiger partial charge on any atom is 0.340 e. The molecule has 0 saturated carbocycles. The summed E-state index contributed by atoms with van der Waals surface area (Å²) in [5.41, 5.74) is 0.872. The molecule has 2 atom stereocenters. The van der Waals surface area contributed by atoms with Crippen LogP contribution in [0.1, 0.15) is 35.8 Å². The summed E-state index contributed by atoms with van der Waals surface area (Å²) in [6, 6.07) is 0. The summed E-state index contributed by atoms with van der Waals surface area (Å²) in [5.74, 6) is -0.461. The van der Waals surface area contributed by atoms with E-state index in [-0.39, 0.29) is 0 Å². The number of ether oxygens (including phenoxy) is 1. The molecular formula is C12H18N2O3S. The number of hydrogen-bond acceptors (Lipinski definition) is 5. The predicted octanol–water partition coefficient (Wildman–Crippen LogP) is 2.38. The van der Waals surface area contributed by atoms with E-state index in [0.29, 0.717) is 28.3 Å². The van der Waals surface area contributed by atoms with Crippen LogP contribution in [-0.4, -0.2) is 34.7 Å². The van der Waals surface area contributed by atoms with Crippen LogP contribution in [0, 0.1) is 12.8 Å². The molecule has 2 unspecified atom stereocenters. The van der Waals surface area contributed by atoms with Gasteiger partial charge >= 0.3 is 5.97 Å². The summed E-state index contributed by atoms with van der Waals surface area (Å²) in [6.45, 7) is 5.39. The second kappa shape index (κ2) is 5.67. The van der Waals surface area contributed by atoms with Gasteiger partial charge in [-0.3, -0.25) is 0 Å². The van der Waals surface area contributed by atoms with Crippen LogP contribution in [0.5, 0.6) is 0 Å². The van der Waals surface area contributed by atoms with Gasteiger partial charge in [0.1, 0.15) is 10.6 Å². The Morgan fingerprint density at radius 2 is 2.44 bits per heavy atom. The first-order valence-electron chi connectivity index (χ1n) is 6.18. The van der Waals surface area contributed by atoms with Crippen molar-refractivity contribution in [1.29, 1.82) is 0 Å². The number of carboxylic acid groups (broad SMARTS) is 1. The molecule has 1 saturated heterocycles. The van der Waals surface area contributed by atoms with Crippen molar-refractivity contribution >= 4 is 22.5 Å². The Labute approximate surface area is 110 Å². The van der Waals surface area contributed by atoms with Crippen molar-refractivity contribution in [1.82, 2.24) is 4.37 Å². The third kappa shape index (κ3) is 2.64. The van der Waals surface area contributed by atoms with Crippen molar-refractivity contribution in [2.45, 2.75) is 32.8 Å². The molecule has 18 heavy (non-hydrogen) atoms. The molecule has 1 aromatic heterocycles. The van der Waals surface area contributed by atoms with Gasteiger partial charge in [0.25, 0.3) is 0 Å². The highest BCUT2D eigenvalue weighted by Crippen LogP contribution is 2.27. The maximum atomic E-state index is 11.1. The molecule has 1 aliphatic rings. The van der Waals surface area contributed by atoms with Crippen molar-refractivity contribution in [2.24, 2.45) is 5.92 Å². The number of rotatable bonds is 5. The van der Waals surface area contributed by atoms with E-state index in [0.717, 1.165) is 26.0 Å². The van der Waals surface area contributed by atoms with E-state index in [1.807, 2.05) is 0 Å². The van der Waals surface area contributed by atoms with Gasteiger partial charge in [0, 0.05) is 19.1 Å². The quantitative estimate of drug-likeness (QED) is 0.859. The number of aromatic carboxylic acids is 1. The molecule has 2 rings (SSSR count). The Morgan fingerprint density at radius 3 is 3.11 bits per heavy atom. The predicted molar refractivity (Wildman–Crippen MR) is 70.4 cm³/mol. The molecule has 0 amide bonds. The first-order chi connectivity index (χ1) is 8.63. The van der Waals surface area contributed by atoms with Gasteiger partial charge in [0.2, 0.25) is 0 Å². The molecule has 1 aliphatic heterocycles. The van der Waals surface area contributed by atoms with E-state index in [1.54, 1.807) is 6.92 Å². The maximum absolute atomic E-state index is 11.1. The number of aryl methyl sites for hydroxylation is 1. The third-order valence-corrected chi connectivity index (χ3v) is 4.25. The molecular weight excluding hydrogens is 252 g/mol. The molecule has 1 fully saturated rings. The first kappa shape index (κ1) is 13.3. The van der Waals surface area contributed by atoms with Gasteiger partial charge in [-0.25, -0.2) is 4.79 Å². The Morgan fingerprint density at radius 1 is 1.67 bits per heavy atom. The standard InChI is InChI=1S/C12H18N2O3S/c1-3-9-8(4-5-17-9)6-13-11-10(12(15)16)7(2)14-18-11/h8-9,13H,3-6H2,1-2H3,(H,15,16). The summed E-state index contributed by atoms with van der Waals surface area (Å²) >= 11 is 1.21. The van der Waals surface area contributed by atoms with E-state index in [2.05, 4.69) is 16.6 Å². The van der Waals surface area contributed by atoms with Crippen LogP contribution < -0.4 is 5.32 Å². The fraction of sp³-hybridized carbons (Fsp3) is 0.667. The minimum absolute atomic E-state index is 0.291. The number of aromatic nitrogens is 1. The summed E-state index contributed by atoms with van der Waals surface area (Å²) in [6.07, 6.45) is 2.32. The van der Waals surface area contributed by atoms with Crippen LogP contribution in [0.4, 0.5) is 5.00 Å². The second-order valence-corrected chi connectivity index (χ2v) is 5.30. The zero-order valence-corrected chi connectivity index (χ0v) is 11.4. The Hall–Kier alpha value is -1.14. The average Bonchev–Trinajstić information content (AvgIpc) is 2.92. The van der Waals surface area contributed by atoms with E-state index in [1.165, 1.54) is 11.5 Å². The van der Waals surface area contributed by atoms with E-state index in [4.69, 9.17) is 9.84 Å². The molecule has 2 heterocycles. The molecule has 0 bridgehead atoms. The number of anilines is 1. The van der Waals surface area contributed by atoms with Crippen LogP contribution in [0.3, 0.4) is 0 Å². The molecule has 0 spiro atoms. The largest absolute Gasteiger partial charge is 0.478 e. The highest BCUT2D eigenvalue weighted by molar-refractivity contribution is 7.10. The monoisotopic (exact) mass is 270 g/mol. The average molecular weight is 270 g/mol. The van der Waals surface area contributed by atoms with Gasteiger partial charge in [0.05, 0.1) is 11.8 Å². The van der Waals surface area contributed by atoms with Gasteiger partial charge in [-0.05, 0) is 31.3 Å². The van der Waals surface area contributed by atoms with Gasteiger partial charge in [-0.2, -0.15) is 4.37 Å². The highest BCUT2D eigenvalue weighted by atomic mass is 32.1. The number of nitrogens with zero attached hydrogens (tertiary/aromatic N) is 1. The van der Waals surface area contributed by atoms with Gasteiger partial charge in [-0.15, -0.1) is 0 Å². The van der Waals surface area contributed by atoms with Crippen LogP contribution in [0.15, 0.2) is 0 Å². The van der Waals surface area contributed by atoms with Crippen molar-refractivity contribution < 1.29 is 14.6 Å². The highest BCUT2D eigenvalue weighted by Gasteiger charge is 2.27. The molecule has 6 heteroatoms. The van der Waals surface area contributed by atoms with Crippen molar-refractivity contribution in [3.63, 3.8) is 0 Å². The number of carboxylic acids is 1. The fourth-order valence-corrected chi connectivity index (χ4v) is 3.14. The molecule has 2 N–H and O–H groups in total. The third-order valence-electron chi connectivity index (χ3n) is 3.35.